The van der Waals surface area contributed by atoms with Gasteiger partial charge in [-0.25, -0.2) is 4.79 Å². The molecule has 1 unspecified atom stereocenters. The summed E-state index contributed by atoms with van der Waals surface area (Å²) < 4.78 is 5.42. The molecule has 1 atom stereocenters. The van der Waals surface area contributed by atoms with Crippen LogP contribution in [0.2, 0.25) is 10.0 Å². The molecular weight excluding hydrogens is 305 g/mol. The van der Waals surface area contributed by atoms with Crippen molar-refractivity contribution in [3.05, 3.63) is 27.7 Å². The van der Waals surface area contributed by atoms with Crippen molar-refractivity contribution in [2.45, 2.75) is 25.4 Å². The average Bonchev–Trinajstić information content (AvgIpc) is 2.81. The third kappa shape index (κ3) is 2.90. The third-order valence-electron chi connectivity index (χ3n) is 3.23. The Morgan fingerprint density at radius 3 is 2.40 bits per heavy atom. The van der Waals surface area contributed by atoms with Gasteiger partial charge in [0.1, 0.15) is 5.60 Å². The zero-order valence-corrected chi connectivity index (χ0v) is 12.2. The first-order valence-electron chi connectivity index (χ1n) is 6.01. The summed E-state index contributed by atoms with van der Waals surface area (Å²) in [6.07, 6.45) is 1.42. The molecule has 1 heterocycles. The fraction of sp³-hybridized carbons (Fsp3) is 0.385. The molecule has 1 aliphatic rings. The number of halogens is 2. The van der Waals surface area contributed by atoms with E-state index in [1.807, 2.05) is 0 Å². The van der Waals surface area contributed by atoms with E-state index in [4.69, 9.17) is 33.0 Å². The molecule has 0 bridgehead atoms. The number of carbonyl (C=O) groups is 2. The lowest BCUT2D eigenvalue weighted by atomic mass is 10.0. The third-order valence-corrected chi connectivity index (χ3v) is 3.82. The molecule has 108 valence electrons. The Balaban J connectivity index is 2.26. The summed E-state index contributed by atoms with van der Waals surface area (Å²) in [5, 5.41) is 11.6. The number of benzene rings is 1. The van der Waals surface area contributed by atoms with Crippen LogP contribution >= 0.6 is 23.2 Å². The number of carboxylic acids is 1. The minimum absolute atomic E-state index is 0.0404. The number of rotatable bonds is 3. The van der Waals surface area contributed by atoms with Gasteiger partial charge in [0.05, 0.1) is 21.3 Å². The molecule has 1 aliphatic heterocycles. The van der Waals surface area contributed by atoms with Crippen LogP contribution in [0.15, 0.2) is 12.1 Å². The maximum absolute atomic E-state index is 12.2. The quantitative estimate of drug-likeness (QED) is 0.897. The molecule has 1 aromatic carbocycles. The van der Waals surface area contributed by atoms with E-state index in [9.17, 15) is 9.59 Å². The predicted molar refractivity (Wildman–Crippen MR) is 75.6 cm³/mol. The predicted octanol–water partition coefficient (Wildman–Crippen LogP) is 3.20. The molecule has 1 saturated heterocycles. The highest BCUT2D eigenvalue weighted by atomic mass is 35.5. The lowest BCUT2D eigenvalue weighted by molar-refractivity contribution is -0.133. The zero-order chi connectivity index (χ0) is 14.9. The van der Waals surface area contributed by atoms with Crippen molar-refractivity contribution in [3.63, 3.8) is 0 Å². The van der Waals surface area contributed by atoms with Gasteiger partial charge in [0.2, 0.25) is 0 Å². The average molecular weight is 318 g/mol. The first-order chi connectivity index (χ1) is 9.33. The van der Waals surface area contributed by atoms with Gasteiger partial charge in [-0.3, -0.25) is 4.79 Å². The minimum Gasteiger partial charge on any atom is -0.478 e. The smallest absolute Gasteiger partial charge is 0.335 e. The maximum atomic E-state index is 12.2. The largest absolute Gasteiger partial charge is 0.478 e. The Morgan fingerprint density at radius 2 is 1.95 bits per heavy atom. The van der Waals surface area contributed by atoms with Crippen LogP contribution in [0, 0.1) is 0 Å². The number of ether oxygens (including phenoxy) is 1. The summed E-state index contributed by atoms with van der Waals surface area (Å²) in [5.41, 5.74) is -0.751. The van der Waals surface area contributed by atoms with Gasteiger partial charge in [-0.1, -0.05) is 23.2 Å². The molecule has 2 rings (SSSR count). The highest BCUT2D eigenvalue weighted by Gasteiger charge is 2.38. The van der Waals surface area contributed by atoms with E-state index < -0.39 is 11.6 Å². The van der Waals surface area contributed by atoms with E-state index in [1.165, 1.54) is 12.1 Å². The topological polar surface area (TPSA) is 75.6 Å². The van der Waals surface area contributed by atoms with Crippen molar-refractivity contribution in [1.29, 1.82) is 0 Å². The molecule has 1 amide bonds. The highest BCUT2D eigenvalue weighted by molar-refractivity contribution is 6.40. The lowest BCUT2D eigenvalue weighted by Crippen LogP contribution is -2.39. The van der Waals surface area contributed by atoms with Crippen LogP contribution in [0.3, 0.4) is 0 Å². The van der Waals surface area contributed by atoms with Gasteiger partial charge in [0, 0.05) is 6.61 Å². The van der Waals surface area contributed by atoms with Crippen molar-refractivity contribution in [2.24, 2.45) is 0 Å². The molecule has 0 aromatic heterocycles. The van der Waals surface area contributed by atoms with E-state index in [1.54, 1.807) is 6.92 Å². The number of nitrogens with one attached hydrogen (secondary N) is 1. The van der Waals surface area contributed by atoms with E-state index in [0.717, 1.165) is 6.42 Å². The van der Waals surface area contributed by atoms with E-state index in [-0.39, 0.29) is 27.2 Å². The molecule has 2 N–H and O–H groups in total. The maximum Gasteiger partial charge on any atom is 0.335 e. The Labute approximate surface area is 125 Å². The number of amides is 1. The normalized spacial score (nSPS) is 21.8. The summed E-state index contributed by atoms with van der Waals surface area (Å²) in [4.78, 5) is 23.1. The van der Waals surface area contributed by atoms with E-state index in [0.29, 0.717) is 13.0 Å². The van der Waals surface area contributed by atoms with Crippen molar-refractivity contribution >= 4 is 40.8 Å². The number of carbonyl (C=O) groups excluding carboxylic acids is 1. The minimum atomic E-state index is -1.14. The second kappa shape index (κ2) is 5.60. The Hall–Kier alpha value is -1.30. The SMILES string of the molecule is CC1(C(=O)Nc2c(Cl)cc(C(=O)O)cc2Cl)CCCO1. The van der Waals surface area contributed by atoms with Gasteiger partial charge in [-0.2, -0.15) is 0 Å². The molecule has 1 fully saturated rings. The fourth-order valence-corrected chi connectivity index (χ4v) is 2.60. The molecule has 5 nitrogen and oxygen atoms in total. The second-order valence-electron chi connectivity index (χ2n) is 4.76. The van der Waals surface area contributed by atoms with E-state index >= 15 is 0 Å². The van der Waals surface area contributed by atoms with Crippen molar-refractivity contribution in [1.82, 2.24) is 0 Å². The number of hydrogen-bond donors (Lipinski definition) is 2. The molecule has 1 aromatic rings. The second-order valence-corrected chi connectivity index (χ2v) is 5.57. The Morgan fingerprint density at radius 1 is 1.35 bits per heavy atom. The number of carboxylic acid groups (broad SMARTS) is 1. The van der Waals surface area contributed by atoms with Crippen molar-refractivity contribution in [2.75, 3.05) is 11.9 Å². The van der Waals surface area contributed by atoms with Crippen LogP contribution in [0.25, 0.3) is 0 Å². The number of aromatic carboxylic acids is 1. The molecule has 20 heavy (non-hydrogen) atoms. The molecule has 0 saturated carbocycles. The van der Waals surface area contributed by atoms with Crippen LogP contribution < -0.4 is 5.32 Å². The fourth-order valence-electron chi connectivity index (χ4n) is 2.02. The summed E-state index contributed by atoms with van der Waals surface area (Å²) in [5.74, 6) is -1.49. The van der Waals surface area contributed by atoms with Gasteiger partial charge >= 0.3 is 5.97 Å². The van der Waals surface area contributed by atoms with Crippen LogP contribution in [0.1, 0.15) is 30.1 Å². The van der Waals surface area contributed by atoms with Gasteiger partial charge in [-0.15, -0.1) is 0 Å². The highest BCUT2D eigenvalue weighted by Crippen LogP contribution is 2.34. The van der Waals surface area contributed by atoms with Crippen molar-refractivity contribution in [3.8, 4) is 0 Å². The lowest BCUT2D eigenvalue weighted by Gasteiger charge is -2.22. The molecular formula is C13H13Cl2NO4. The van der Waals surface area contributed by atoms with Crippen LogP contribution in [0.4, 0.5) is 5.69 Å². The molecule has 7 heteroatoms. The standard InChI is InChI=1S/C13H13Cl2NO4/c1-13(3-2-4-20-13)12(19)16-10-8(14)5-7(11(17)18)6-9(10)15/h5-6H,2-4H2,1H3,(H,16,19)(H,17,18). The molecule has 0 radical (unpaired) electrons. The van der Waals surface area contributed by atoms with Gasteiger partial charge in [-0.05, 0) is 31.9 Å². The van der Waals surface area contributed by atoms with Gasteiger partial charge in [0.25, 0.3) is 5.91 Å². The summed E-state index contributed by atoms with van der Waals surface area (Å²) in [7, 11) is 0. The van der Waals surface area contributed by atoms with Crippen LogP contribution in [-0.4, -0.2) is 29.2 Å². The molecule has 0 aliphatic carbocycles. The number of hydrogen-bond acceptors (Lipinski definition) is 3. The number of anilines is 1. The van der Waals surface area contributed by atoms with Crippen LogP contribution in [0.5, 0.6) is 0 Å². The summed E-state index contributed by atoms with van der Waals surface area (Å²) in [6.45, 7) is 2.23. The van der Waals surface area contributed by atoms with Gasteiger partial charge in [0.15, 0.2) is 0 Å². The Kier molecular flexibility index (Phi) is 4.22. The van der Waals surface area contributed by atoms with Gasteiger partial charge < -0.3 is 15.2 Å². The molecule has 0 spiro atoms. The Bertz CT molecular complexity index is 544. The van der Waals surface area contributed by atoms with E-state index in [2.05, 4.69) is 5.32 Å². The van der Waals surface area contributed by atoms with Crippen molar-refractivity contribution < 1.29 is 19.4 Å². The summed E-state index contributed by atoms with van der Waals surface area (Å²) in [6, 6.07) is 2.48. The zero-order valence-electron chi connectivity index (χ0n) is 10.7. The van der Waals surface area contributed by atoms with Crippen LogP contribution in [-0.2, 0) is 9.53 Å². The summed E-state index contributed by atoms with van der Waals surface area (Å²) >= 11 is 11.9. The first kappa shape index (κ1) is 15.1. The monoisotopic (exact) mass is 317 g/mol. The first-order valence-corrected chi connectivity index (χ1v) is 6.77.